The Hall–Kier alpha value is -2.60. The van der Waals surface area contributed by atoms with E-state index >= 15 is 0 Å². The minimum absolute atomic E-state index is 0.141. The summed E-state index contributed by atoms with van der Waals surface area (Å²) in [7, 11) is 0. The minimum atomic E-state index is -0.141. The fraction of sp³-hybridized carbons (Fsp3) is 0.381. The van der Waals surface area contributed by atoms with Crippen LogP contribution in [0.4, 0.5) is 5.82 Å². The summed E-state index contributed by atoms with van der Waals surface area (Å²) in [5.74, 6) is 0.913. The lowest BCUT2D eigenvalue weighted by Gasteiger charge is -2.34. The number of fused-ring (bicyclic) bond motifs is 3. The number of hydrogen-bond acceptors (Lipinski definition) is 4. The lowest BCUT2D eigenvalue weighted by atomic mass is 9.82. The van der Waals surface area contributed by atoms with Gasteiger partial charge in [0.15, 0.2) is 11.3 Å². The Labute approximate surface area is 169 Å². The summed E-state index contributed by atoms with van der Waals surface area (Å²) in [5, 5.41) is 4.43. The molecule has 4 aromatic rings. The Morgan fingerprint density at radius 3 is 2.46 bits per heavy atom. The standard InChI is InChI=1S/C21H25ClN6/c1-20(2,3)10-21(4,5)27-19-15(13-6-8-14(22)9-7-13)26-18-16-17(24-11-23-16)25-12-28(18)19/h6-9,11-12,27H,10H2,1-5H3,(H,23,24). The second-order valence-corrected chi connectivity index (χ2v) is 9.54. The Balaban J connectivity index is 1.91. The van der Waals surface area contributed by atoms with Crippen LogP contribution < -0.4 is 5.32 Å². The second kappa shape index (κ2) is 6.48. The van der Waals surface area contributed by atoms with E-state index in [1.807, 2.05) is 28.7 Å². The summed E-state index contributed by atoms with van der Waals surface area (Å²) < 4.78 is 1.99. The van der Waals surface area contributed by atoms with Crippen LogP contribution >= 0.6 is 11.6 Å². The highest BCUT2D eigenvalue weighted by molar-refractivity contribution is 6.30. The highest BCUT2D eigenvalue weighted by Crippen LogP contribution is 2.35. The van der Waals surface area contributed by atoms with Gasteiger partial charge in [0.25, 0.3) is 0 Å². The molecule has 0 aliphatic heterocycles. The van der Waals surface area contributed by atoms with Gasteiger partial charge in [-0.1, -0.05) is 44.5 Å². The van der Waals surface area contributed by atoms with E-state index in [1.54, 1.807) is 12.7 Å². The quantitative estimate of drug-likeness (QED) is 0.474. The molecule has 1 aromatic carbocycles. The maximum absolute atomic E-state index is 6.10. The molecule has 0 fully saturated rings. The minimum Gasteiger partial charge on any atom is -0.364 e. The van der Waals surface area contributed by atoms with Gasteiger partial charge in [-0.05, 0) is 37.8 Å². The number of H-pyrrole nitrogens is 1. The van der Waals surface area contributed by atoms with E-state index in [4.69, 9.17) is 16.6 Å². The van der Waals surface area contributed by atoms with Crippen LogP contribution in [-0.4, -0.2) is 29.9 Å². The first kappa shape index (κ1) is 18.7. The van der Waals surface area contributed by atoms with E-state index in [1.165, 1.54) is 0 Å². The molecule has 4 rings (SSSR count). The normalized spacial score (nSPS) is 12.8. The number of nitrogens with one attached hydrogen (secondary N) is 2. The van der Waals surface area contributed by atoms with Crippen molar-refractivity contribution in [3.63, 3.8) is 0 Å². The van der Waals surface area contributed by atoms with Crippen LogP contribution in [0.5, 0.6) is 0 Å². The molecular formula is C21H25ClN6. The average Bonchev–Trinajstić information content (AvgIpc) is 3.17. The molecular weight excluding hydrogens is 372 g/mol. The molecule has 3 aromatic heterocycles. The molecule has 0 aliphatic carbocycles. The van der Waals surface area contributed by atoms with E-state index in [0.29, 0.717) is 10.7 Å². The number of aromatic nitrogens is 5. The Morgan fingerprint density at radius 1 is 1.07 bits per heavy atom. The predicted molar refractivity (Wildman–Crippen MR) is 115 cm³/mol. The molecule has 0 saturated carbocycles. The second-order valence-electron chi connectivity index (χ2n) is 9.10. The zero-order valence-corrected chi connectivity index (χ0v) is 17.6. The van der Waals surface area contributed by atoms with Crippen molar-refractivity contribution >= 4 is 34.2 Å². The van der Waals surface area contributed by atoms with Gasteiger partial charge in [-0.15, -0.1) is 0 Å². The Morgan fingerprint density at radius 2 is 1.79 bits per heavy atom. The highest BCUT2D eigenvalue weighted by Gasteiger charge is 2.28. The van der Waals surface area contributed by atoms with Crippen LogP contribution in [0, 0.1) is 5.41 Å². The maximum atomic E-state index is 6.10. The first-order valence-corrected chi connectivity index (χ1v) is 9.75. The first-order valence-electron chi connectivity index (χ1n) is 9.37. The van der Waals surface area contributed by atoms with Gasteiger partial charge >= 0.3 is 0 Å². The zero-order valence-electron chi connectivity index (χ0n) is 16.8. The lowest BCUT2D eigenvalue weighted by Crippen LogP contribution is -2.36. The van der Waals surface area contributed by atoms with E-state index in [-0.39, 0.29) is 11.0 Å². The van der Waals surface area contributed by atoms with Crippen molar-refractivity contribution in [2.24, 2.45) is 5.41 Å². The van der Waals surface area contributed by atoms with Gasteiger partial charge in [-0.25, -0.2) is 15.0 Å². The number of nitrogens with zero attached hydrogens (tertiary/aromatic N) is 4. The van der Waals surface area contributed by atoms with Crippen molar-refractivity contribution in [3.8, 4) is 11.3 Å². The highest BCUT2D eigenvalue weighted by atomic mass is 35.5. The van der Waals surface area contributed by atoms with Crippen molar-refractivity contribution in [1.82, 2.24) is 24.3 Å². The summed E-state index contributed by atoms with van der Waals surface area (Å²) in [6, 6.07) is 7.75. The molecule has 0 unspecified atom stereocenters. The van der Waals surface area contributed by atoms with E-state index in [9.17, 15) is 0 Å². The van der Waals surface area contributed by atoms with Crippen molar-refractivity contribution in [1.29, 1.82) is 0 Å². The lowest BCUT2D eigenvalue weighted by molar-refractivity contribution is 0.302. The fourth-order valence-corrected chi connectivity index (χ4v) is 4.13. The van der Waals surface area contributed by atoms with Gasteiger partial charge in [0.2, 0.25) is 0 Å². The third kappa shape index (κ3) is 3.56. The smallest absolute Gasteiger partial charge is 0.182 e. The van der Waals surface area contributed by atoms with Gasteiger partial charge in [-0.2, -0.15) is 0 Å². The largest absolute Gasteiger partial charge is 0.364 e. The summed E-state index contributed by atoms with van der Waals surface area (Å²) in [6.45, 7) is 11.2. The molecule has 6 nitrogen and oxygen atoms in total. The number of aromatic amines is 1. The van der Waals surface area contributed by atoms with Crippen LogP contribution in [0.25, 0.3) is 28.1 Å². The zero-order chi connectivity index (χ0) is 20.1. The number of imidazole rings is 2. The van der Waals surface area contributed by atoms with Crippen molar-refractivity contribution in [2.75, 3.05) is 5.32 Å². The molecule has 146 valence electrons. The van der Waals surface area contributed by atoms with Gasteiger partial charge in [-0.3, -0.25) is 4.40 Å². The van der Waals surface area contributed by atoms with Crippen LogP contribution in [0.15, 0.2) is 36.9 Å². The summed E-state index contributed by atoms with van der Waals surface area (Å²) in [6.07, 6.45) is 4.42. The van der Waals surface area contributed by atoms with E-state index in [0.717, 1.165) is 34.7 Å². The molecule has 3 heterocycles. The molecule has 28 heavy (non-hydrogen) atoms. The van der Waals surface area contributed by atoms with Gasteiger partial charge < -0.3 is 10.3 Å². The number of benzene rings is 1. The van der Waals surface area contributed by atoms with Crippen LogP contribution in [0.3, 0.4) is 0 Å². The Kier molecular flexibility index (Phi) is 4.34. The molecule has 0 bridgehead atoms. The molecule has 2 N–H and O–H groups in total. The van der Waals surface area contributed by atoms with Crippen LogP contribution in [0.2, 0.25) is 5.02 Å². The van der Waals surface area contributed by atoms with Gasteiger partial charge in [0.05, 0.1) is 6.33 Å². The van der Waals surface area contributed by atoms with E-state index in [2.05, 4.69) is 54.9 Å². The van der Waals surface area contributed by atoms with Crippen molar-refractivity contribution in [2.45, 2.75) is 46.6 Å². The van der Waals surface area contributed by atoms with Crippen molar-refractivity contribution in [3.05, 3.63) is 41.9 Å². The third-order valence-corrected chi connectivity index (χ3v) is 4.85. The van der Waals surface area contributed by atoms with Crippen molar-refractivity contribution < 1.29 is 0 Å². The Bertz CT molecular complexity index is 1130. The monoisotopic (exact) mass is 396 g/mol. The number of rotatable bonds is 4. The fourth-order valence-electron chi connectivity index (χ4n) is 4.00. The molecule has 0 amide bonds. The summed E-state index contributed by atoms with van der Waals surface area (Å²) in [4.78, 5) is 16.8. The molecule has 0 radical (unpaired) electrons. The summed E-state index contributed by atoms with van der Waals surface area (Å²) >= 11 is 6.10. The molecule has 0 aliphatic rings. The topological polar surface area (TPSA) is 70.9 Å². The molecule has 0 spiro atoms. The predicted octanol–water partition coefficient (Wildman–Crippen LogP) is 5.55. The first-order chi connectivity index (χ1) is 13.1. The maximum Gasteiger partial charge on any atom is 0.182 e. The van der Waals surface area contributed by atoms with E-state index < -0.39 is 0 Å². The van der Waals surface area contributed by atoms with Crippen LogP contribution in [-0.2, 0) is 0 Å². The molecule has 7 heteroatoms. The third-order valence-electron chi connectivity index (χ3n) is 4.60. The summed E-state index contributed by atoms with van der Waals surface area (Å²) in [5.41, 5.74) is 4.17. The number of hydrogen-bond donors (Lipinski definition) is 2. The van der Waals surface area contributed by atoms with Gasteiger partial charge in [0, 0.05) is 16.1 Å². The number of halogens is 1. The van der Waals surface area contributed by atoms with Crippen LogP contribution in [0.1, 0.15) is 41.0 Å². The average molecular weight is 397 g/mol. The molecule has 0 saturated heterocycles. The van der Waals surface area contributed by atoms with Gasteiger partial charge in [0.1, 0.15) is 23.4 Å². The SMILES string of the molecule is CC(C)(C)CC(C)(C)Nc1c(-c2ccc(Cl)cc2)nc2c3[nH]cnc3ncn12. The molecule has 0 atom stereocenters. The number of anilines is 1.